The monoisotopic (exact) mass is 262 g/mol. The summed E-state index contributed by atoms with van der Waals surface area (Å²) in [4.78, 5) is 21.4. The number of hydrogen-bond donors (Lipinski definition) is 2. The van der Waals surface area contributed by atoms with E-state index in [0.29, 0.717) is 0 Å². The summed E-state index contributed by atoms with van der Waals surface area (Å²) in [6.45, 7) is -0.0392. The molecule has 0 bridgehead atoms. The Balaban J connectivity index is 2.22. The molecule has 1 aliphatic rings. The van der Waals surface area contributed by atoms with Crippen LogP contribution in [0, 0.1) is 0 Å². The molecule has 0 radical (unpaired) electrons. The molecule has 2 heterocycles. The number of cyclic esters (lactones) is 1. The van der Waals surface area contributed by atoms with Crippen LogP contribution in [0.3, 0.4) is 0 Å². The first kappa shape index (κ1) is 12.2. The van der Waals surface area contributed by atoms with Crippen LogP contribution in [-0.4, -0.2) is 44.8 Å². The molecule has 1 aromatic heterocycles. The van der Waals surface area contributed by atoms with Crippen LogP contribution in [0.4, 0.5) is 13.6 Å². The highest BCUT2D eigenvalue weighted by Crippen LogP contribution is 2.22. The molecule has 18 heavy (non-hydrogen) atoms. The van der Waals surface area contributed by atoms with Crippen LogP contribution in [0.1, 0.15) is 22.6 Å². The molecule has 1 amide bonds. The van der Waals surface area contributed by atoms with Gasteiger partial charge in [-0.1, -0.05) is 5.21 Å². The molecule has 1 aromatic rings. The Kier molecular flexibility index (Phi) is 3.08. The Hall–Kier alpha value is -2.26. The van der Waals surface area contributed by atoms with E-state index in [-0.39, 0.29) is 13.1 Å². The maximum absolute atomic E-state index is 12.7. The fourth-order valence-corrected chi connectivity index (χ4v) is 1.55. The molecule has 1 saturated heterocycles. The fraction of sp³-hybridized carbons (Fsp3) is 0.500. The Morgan fingerprint density at radius 1 is 1.67 bits per heavy atom. The van der Waals surface area contributed by atoms with Gasteiger partial charge in [0.25, 0.3) is 6.43 Å². The number of rotatable bonds is 4. The van der Waals surface area contributed by atoms with Crippen LogP contribution < -0.4 is 5.32 Å². The van der Waals surface area contributed by atoms with Crippen molar-refractivity contribution in [2.24, 2.45) is 0 Å². The maximum atomic E-state index is 12.7. The molecule has 0 aromatic carbocycles. The smallest absolute Gasteiger partial charge is 0.407 e. The fourth-order valence-electron chi connectivity index (χ4n) is 1.55. The van der Waals surface area contributed by atoms with Crippen LogP contribution in [-0.2, 0) is 11.3 Å². The van der Waals surface area contributed by atoms with E-state index in [1.807, 2.05) is 0 Å². The van der Waals surface area contributed by atoms with Gasteiger partial charge in [0.1, 0.15) is 11.8 Å². The van der Waals surface area contributed by atoms with Crippen LogP contribution in [0.2, 0.25) is 0 Å². The lowest BCUT2D eigenvalue weighted by atomic mass is 10.3. The van der Waals surface area contributed by atoms with Crippen LogP contribution in [0.25, 0.3) is 0 Å². The van der Waals surface area contributed by atoms with Crippen molar-refractivity contribution in [3.8, 4) is 0 Å². The lowest BCUT2D eigenvalue weighted by Crippen LogP contribution is -2.23. The van der Waals surface area contributed by atoms with Gasteiger partial charge in [-0.25, -0.2) is 23.1 Å². The number of carboxylic acid groups (broad SMARTS) is 1. The van der Waals surface area contributed by atoms with E-state index in [1.54, 1.807) is 0 Å². The SMILES string of the molecule is O=C1NCC(Cn2nnc(C(=O)O)c2C(F)F)O1. The van der Waals surface area contributed by atoms with Crippen LogP contribution in [0.5, 0.6) is 0 Å². The molecule has 10 heteroatoms. The zero-order valence-corrected chi connectivity index (χ0v) is 8.84. The number of aromatic nitrogens is 3. The molecular weight excluding hydrogens is 254 g/mol. The number of nitrogens with one attached hydrogen (secondary N) is 1. The molecule has 0 aliphatic carbocycles. The summed E-state index contributed by atoms with van der Waals surface area (Å²) in [7, 11) is 0. The Morgan fingerprint density at radius 2 is 2.39 bits per heavy atom. The average molecular weight is 262 g/mol. The van der Waals surface area contributed by atoms with Gasteiger partial charge in [0, 0.05) is 0 Å². The number of amides is 1. The second-order valence-corrected chi connectivity index (χ2v) is 3.52. The van der Waals surface area contributed by atoms with Crippen molar-refractivity contribution in [2.45, 2.75) is 19.1 Å². The van der Waals surface area contributed by atoms with E-state index >= 15 is 0 Å². The van der Waals surface area contributed by atoms with Crippen molar-refractivity contribution in [3.63, 3.8) is 0 Å². The molecule has 2 rings (SSSR count). The van der Waals surface area contributed by atoms with Gasteiger partial charge in [-0.2, -0.15) is 0 Å². The van der Waals surface area contributed by atoms with E-state index in [1.165, 1.54) is 0 Å². The summed E-state index contributed by atoms with van der Waals surface area (Å²) >= 11 is 0. The summed E-state index contributed by atoms with van der Waals surface area (Å²) in [5.41, 5.74) is -1.60. The van der Waals surface area contributed by atoms with Gasteiger partial charge in [0.05, 0.1) is 13.1 Å². The third-order valence-electron chi connectivity index (χ3n) is 2.31. The van der Waals surface area contributed by atoms with Crippen molar-refractivity contribution in [2.75, 3.05) is 6.54 Å². The summed E-state index contributed by atoms with van der Waals surface area (Å²) in [6, 6.07) is 0. The number of aromatic carboxylic acids is 1. The molecule has 1 atom stereocenters. The van der Waals surface area contributed by atoms with Gasteiger partial charge in [0.2, 0.25) is 0 Å². The molecule has 2 N–H and O–H groups in total. The van der Waals surface area contributed by atoms with Gasteiger partial charge < -0.3 is 15.2 Å². The first-order valence-corrected chi connectivity index (χ1v) is 4.88. The standard InChI is InChI=1S/C8H8F2N4O4/c9-6(10)5-4(7(15)16)12-13-14(5)2-3-1-11-8(17)18-3/h3,6H,1-2H2,(H,11,17)(H,15,16). The van der Waals surface area contributed by atoms with Crippen molar-refractivity contribution >= 4 is 12.1 Å². The van der Waals surface area contributed by atoms with E-state index < -0.39 is 36.0 Å². The highest BCUT2D eigenvalue weighted by atomic mass is 19.3. The van der Waals surface area contributed by atoms with E-state index in [9.17, 15) is 18.4 Å². The highest BCUT2D eigenvalue weighted by molar-refractivity contribution is 5.86. The number of alkyl carbamates (subject to hydrolysis) is 1. The summed E-state index contributed by atoms with van der Waals surface area (Å²) in [5, 5.41) is 17.5. The molecule has 0 spiro atoms. The predicted molar refractivity (Wildman–Crippen MR) is 50.2 cm³/mol. The average Bonchev–Trinajstić information content (AvgIpc) is 2.85. The number of carboxylic acids is 1. The number of hydrogen-bond acceptors (Lipinski definition) is 5. The lowest BCUT2D eigenvalue weighted by Gasteiger charge is -2.09. The van der Waals surface area contributed by atoms with Crippen LogP contribution in [0.15, 0.2) is 0 Å². The zero-order valence-electron chi connectivity index (χ0n) is 8.84. The molecule has 98 valence electrons. The van der Waals surface area contributed by atoms with E-state index in [2.05, 4.69) is 15.6 Å². The first-order valence-electron chi connectivity index (χ1n) is 4.88. The summed E-state index contributed by atoms with van der Waals surface area (Å²) in [6.07, 6.45) is -4.37. The zero-order chi connectivity index (χ0) is 13.3. The second kappa shape index (κ2) is 4.55. The number of alkyl halides is 2. The maximum Gasteiger partial charge on any atom is 0.407 e. The minimum absolute atomic E-state index is 0.143. The Morgan fingerprint density at radius 3 is 2.89 bits per heavy atom. The first-order chi connectivity index (χ1) is 8.49. The van der Waals surface area contributed by atoms with Gasteiger partial charge in [-0.15, -0.1) is 5.10 Å². The number of carbonyl (C=O) groups is 2. The number of carbonyl (C=O) groups excluding carboxylic acids is 1. The van der Waals surface area contributed by atoms with Crippen molar-refractivity contribution in [1.82, 2.24) is 20.3 Å². The third-order valence-corrected chi connectivity index (χ3v) is 2.31. The third kappa shape index (κ3) is 2.21. The minimum atomic E-state index is -3.03. The number of halogens is 2. The number of nitrogens with zero attached hydrogens (tertiary/aromatic N) is 3. The molecule has 1 aliphatic heterocycles. The van der Waals surface area contributed by atoms with Gasteiger partial charge in [-0.05, 0) is 0 Å². The lowest BCUT2D eigenvalue weighted by molar-refractivity contribution is 0.0673. The molecular formula is C8H8F2N4O4. The summed E-state index contributed by atoms with van der Waals surface area (Å²) in [5.74, 6) is -1.59. The molecule has 0 saturated carbocycles. The van der Waals surface area contributed by atoms with E-state index in [0.717, 1.165) is 4.68 Å². The van der Waals surface area contributed by atoms with Gasteiger partial charge in [0.15, 0.2) is 5.69 Å². The summed E-state index contributed by atoms with van der Waals surface area (Å²) < 4.78 is 31.0. The normalized spacial score (nSPS) is 18.8. The van der Waals surface area contributed by atoms with Crippen molar-refractivity contribution < 1.29 is 28.2 Å². The molecule has 1 fully saturated rings. The van der Waals surface area contributed by atoms with Crippen molar-refractivity contribution in [1.29, 1.82) is 0 Å². The second-order valence-electron chi connectivity index (χ2n) is 3.52. The number of ether oxygens (including phenoxy) is 1. The Labute approximate surface area is 98.5 Å². The van der Waals surface area contributed by atoms with E-state index in [4.69, 9.17) is 9.84 Å². The molecule has 8 nitrogen and oxygen atoms in total. The van der Waals surface area contributed by atoms with Gasteiger partial charge >= 0.3 is 12.1 Å². The Bertz CT molecular complexity index is 489. The topological polar surface area (TPSA) is 106 Å². The van der Waals surface area contributed by atoms with Crippen LogP contribution >= 0.6 is 0 Å². The largest absolute Gasteiger partial charge is 0.476 e. The molecule has 1 unspecified atom stereocenters. The van der Waals surface area contributed by atoms with Gasteiger partial charge in [-0.3, -0.25) is 0 Å². The van der Waals surface area contributed by atoms with Crippen molar-refractivity contribution in [3.05, 3.63) is 11.4 Å². The quantitative estimate of drug-likeness (QED) is 0.792. The predicted octanol–water partition coefficient (Wildman–Crippen LogP) is 0.0223. The minimum Gasteiger partial charge on any atom is -0.476 e. The highest BCUT2D eigenvalue weighted by Gasteiger charge is 2.30.